The van der Waals surface area contributed by atoms with Crippen LogP contribution in [-0.2, 0) is 4.79 Å². The molecular formula is C15H14BrN2O+. The Morgan fingerprint density at radius 2 is 2.05 bits per heavy atom. The third-order valence-electron chi connectivity index (χ3n) is 3.38. The van der Waals surface area contributed by atoms with Gasteiger partial charge in [0.2, 0.25) is 6.04 Å². The van der Waals surface area contributed by atoms with Crippen LogP contribution in [-0.4, -0.2) is 16.6 Å². The van der Waals surface area contributed by atoms with Gasteiger partial charge in [-0.1, -0.05) is 34.1 Å². The van der Waals surface area contributed by atoms with E-state index in [1.807, 2.05) is 24.3 Å². The van der Waals surface area contributed by atoms with Crippen molar-refractivity contribution < 1.29 is 9.49 Å². The Morgan fingerprint density at radius 3 is 2.74 bits per heavy atom. The maximum atomic E-state index is 12.0. The van der Waals surface area contributed by atoms with Gasteiger partial charge >= 0.3 is 5.91 Å². The van der Waals surface area contributed by atoms with Gasteiger partial charge in [0.25, 0.3) is 0 Å². The average Bonchev–Trinajstić information content (AvgIpc) is 2.83. The minimum Gasteiger partial charge on any atom is -0.212 e. The number of hydrogen-bond donors (Lipinski definition) is 0. The predicted octanol–water partition coefficient (Wildman–Crippen LogP) is 3.90. The molecule has 0 bridgehead atoms. The van der Waals surface area contributed by atoms with E-state index in [-0.39, 0.29) is 11.9 Å². The molecule has 3 rings (SSSR count). The number of hydrogen-bond acceptors (Lipinski definition) is 2. The number of nitrogens with zero attached hydrogens (tertiary/aromatic N) is 2. The second kappa shape index (κ2) is 5.21. The molecule has 1 aromatic rings. The van der Waals surface area contributed by atoms with E-state index in [0.717, 1.165) is 35.0 Å². The molecule has 0 aromatic heterocycles. The summed E-state index contributed by atoms with van der Waals surface area (Å²) in [6.45, 7) is 0. The van der Waals surface area contributed by atoms with Gasteiger partial charge in [-0.15, -0.1) is 0 Å². The van der Waals surface area contributed by atoms with E-state index < -0.39 is 0 Å². The van der Waals surface area contributed by atoms with Crippen LogP contribution in [0.4, 0.5) is 0 Å². The number of amides is 1. The molecule has 96 valence electrons. The molecule has 1 aromatic carbocycles. The summed E-state index contributed by atoms with van der Waals surface area (Å²) < 4.78 is 2.63. The zero-order valence-corrected chi connectivity index (χ0v) is 12.0. The average molecular weight is 318 g/mol. The molecule has 1 aliphatic heterocycles. The number of allylic oxidation sites excluding steroid dienone is 1. The molecule has 4 heteroatoms. The first kappa shape index (κ1) is 12.5. The molecule has 0 saturated heterocycles. The van der Waals surface area contributed by atoms with Gasteiger partial charge in [-0.05, 0) is 35.7 Å². The fourth-order valence-electron chi connectivity index (χ4n) is 2.37. The topological polar surface area (TPSA) is 32.4 Å². The molecule has 19 heavy (non-hydrogen) atoms. The molecule has 1 aliphatic carbocycles. The number of benzene rings is 1. The zero-order valence-electron chi connectivity index (χ0n) is 10.4. The third-order valence-corrected chi connectivity index (χ3v) is 3.91. The van der Waals surface area contributed by atoms with Gasteiger partial charge in [-0.25, -0.2) is 4.79 Å². The van der Waals surface area contributed by atoms with Crippen molar-refractivity contribution in [3.05, 3.63) is 52.5 Å². The standard InChI is InChI=1S/C15H14BrN2O/c16-12-8-6-11(7-9-12)14-10-15(19)18(17-14)13-4-2-1-3-5-13/h2,4,6-10,13H,1,3,5H2/q+1. The van der Waals surface area contributed by atoms with Crippen LogP contribution in [0.5, 0.6) is 0 Å². The Morgan fingerprint density at radius 1 is 1.26 bits per heavy atom. The van der Waals surface area contributed by atoms with Crippen molar-refractivity contribution in [2.75, 3.05) is 0 Å². The normalized spacial score (nSPS) is 22.4. The van der Waals surface area contributed by atoms with Crippen LogP contribution in [0.2, 0.25) is 0 Å². The highest BCUT2D eigenvalue weighted by molar-refractivity contribution is 9.10. The summed E-state index contributed by atoms with van der Waals surface area (Å²) in [6.07, 6.45) is 9.05. The van der Waals surface area contributed by atoms with Crippen LogP contribution in [0.1, 0.15) is 24.8 Å². The number of carbonyl (C=O) groups excluding carboxylic acids is 1. The molecule has 3 nitrogen and oxygen atoms in total. The van der Waals surface area contributed by atoms with Crippen LogP contribution >= 0.6 is 15.9 Å². The number of azo groups is 2. The lowest BCUT2D eigenvalue weighted by molar-refractivity contribution is -0.529. The molecule has 0 fully saturated rings. The lowest BCUT2D eigenvalue weighted by atomic mass is 10.0. The fourth-order valence-corrected chi connectivity index (χ4v) is 2.64. The maximum Gasteiger partial charge on any atom is 0.439 e. The highest BCUT2D eigenvalue weighted by Gasteiger charge is 2.34. The third kappa shape index (κ3) is 2.59. The molecule has 1 amide bonds. The van der Waals surface area contributed by atoms with Crippen LogP contribution in [0.15, 0.2) is 52.1 Å². The molecule has 1 heterocycles. The SMILES string of the molecule is O=C1C=C(c2ccc(Br)cc2)N=[N+]1C1C=CCCC1. The molecule has 0 saturated carbocycles. The Labute approximate surface area is 120 Å². The van der Waals surface area contributed by atoms with Gasteiger partial charge in [0.05, 0.1) is 6.08 Å². The zero-order chi connectivity index (χ0) is 13.2. The molecule has 2 aliphatic rings. The van der Waals surface area contributed by atoms with E-state index in [1.165, 1.54) is 0 Å². The Kier molecular flexibility index (Phi) is 3.42. The summed E-state index contributed by atoms with van der Waals surface area (Å²) in [5.41, 5.74) is 1.72. The maximum absolute atomic E-state index is 12.0. The lowest BCUT2D eigenvalue weighted by Gasteiger charge is -2.08. The van der Waals surface area contributed by atoms with E-state index >= 15 is 0 Å². The molecule has 0 N–H and O–H groups in total. The fraction of sp³-hybridized carbons (Fsp3) is 0.267. The molecular weight excluding hydrogens is 304 g/mol. The van der Waals surface area contributed by atoms with Crippen molar-refractivity contribution in [3.63, 3.8) is 0 Å². The van der Waals surface area contributed by atoms with Gasteiger partial charge in [0.1, 0.15) is 5.70 Å². The molecule has 1 atom stereocenters. The highest BCUT2D eigenvalue weighted by Crippen LogP contribution is 2.25. The predicted molar refractivity (Wildman–Crippen MR) is 76.6 cm³/mol. The minimum atomic E-state index is -0.0190. The van der Waals surface area contributed by atoms with Crippen molar-refractivity contribution in [2.45, 2.75) is 25.3 Å². The van der Waals surface area contributed by atoms with Crippen LogP contribution < -0.4 is 0 Å². The smallest absolute Gasteiger partial charge is 0.212 e. The van der Waals surface area contributed by atoms with Gasteiger partial charge in [0, 0.05) is 21.6 Å². The first-order valence-corrected chi connectivity index (χ1v) is 7.22. The first-order valence-electron chi connectivity index (χ1n) is 6.43. The second-order valence-corrected chi connectivity index (χ2v) is 5.66. The summed E-state index contributed by atoms with van der Waals surface area (Å²) in [4.78, 5) is 12.0. The van der Waals surface area contributed by atoms with E-state index in [0.29, 0.717) is 0 Å². The van der Waals surface area contributed by atoms with E-state index in [2.05, 4.69) is 33.2 Å². The highest BCUT2D eigenvalue weighted by atomic mass is 79.9. The van der Waals surface area contributed by atoms with Crippen LogP contribution in [0.25, 0.3) is 5.70 Å². The summed E-state index contributed by atoms with van der Waals surface area (Å²) in [6, 6.07) is 7.96. The van der Waals surface area contributed by atoms with E-state index in [1.54, 1.807) is 10.8 Å². The molecule has 1 unspecified atom stereocenters. The van der Waals surface area contributed by atoms with Gasteiger partial charge in [0.15, 0.2) is 0 Å². The summed E-state index contributed by atoms with van der Waals surface area (Å²) >= 11 is 3.40. The van der Waals surface area contributed by atoms with Crippen molar-refractivity contribution in [1.82, 2.24) is 0 Å². The first-order chi connectivity index (χ1) is 9.24. The summed E-state index contributed by atoms with van der Waals surface area (Å²) in [5, 5.41) is 4.47. The van der Waals surface area contributed by atoms with E-state index in [9.17, 15) is 4.79 Å². The minimum absolute atomic E-state index is 0.0190. The number of halogens is 1. The van der Waals surface area contributed by atoms with Crippen molar-refractivity contribution in [1.29, 1.82) is 0 Å². The quantitative estimate of drug-likeness (QED) is 0.601. The Bertz CT molecular complexity index is 599. The van der Waals surface area contributed by atoms with Gasteiger partial charge in [-0.3, -0.25) is 0 Å². The van der Waals surface area contributed by atoms with Gasteiger partial charge < -0.3 is 0 Å². The summed E-state index contributed by atoms with van der Waals surface area (Å²) in [5.74, 6) is -0.0190. The number of rotatable bonds is 2. The van der Waals surface area contributed by atoms with E-state index in [4.69, 9.17) is 0 Å². The van der Waals surface area contributed by atoms with Crippen molar-refractivity contribution in [2.24, 2.45) is 5.11 Å². The Hall–Kier alpha value is -1.55. The lowest BCUT2D eigenvalue weighted by Crippen LogP contribution is -2.27. The van der Waals surface area contributed by atoms with Crippen molar-refractivity contribution in [3.8, 4) is 0 Å². The molecule has 0 spiro atoms. The monoisotopic (exact) mass is 317 g/mol. The Balaban J connectivity index is 1.88. The molecule has 0 radical (unpaired) electrons. The number of carbonyl (C=O) groups is 1. The van der Waals surface area contributed by atoms with Crippen LogP contribution in [0.3, 0.4) is 0 Å². The van der Waals surface area contributed by atoms with Crippen molar-refractivity contribution >= 4 is 27.5 Å². The summed E-state index contributed by atoms with van der Waals surface area (Å²) in [7, 11) is 0. The van der Waals surface area contributed by atoms with Crippen LogP contribution in [0, 0.1) is 0 Å². The largest absolute Gasteiger partial charge is 0.439 e. The second-order valence-electron chi connectivity index (χ2n) is 4.75. The van der Waals surface area contributed by atoms with Gasteiger partial charge in [-0.2, -0.15) is 0 Å².